The van der Waals surface area contributed by atoms with Crippen molar-refractivity contribution < 1.29 is 23.8 Å². The molecule has 1 saturated carbocycles. The van der Waals surface area contributed by atoms with E-state index < -0.39 is 6.04 Å². The molecule has 0 saturated heterocycles. The van der Waals surface area contributed by atoms with E-state index in [9.17, 15) is 9.59 Å². The minimum Gasteiger partial charge on any atom is -0.497 e. The van der Waals surface area contributed by atoms with Gasteiger partial charge in [-0.25, -0.2) is 0 Å². The van der Waals surface area contributed by atoms with Crippen LogP contribution < -0.4 is 19.5 Å². The Morgan fingerprint density at radius 3 is 2.36 bits per heavy atom. The lowest BCUT2D eigenvalue weighted by Crippen LogP contribution is -2.47. The van der Waals surface area contributed by atoms with Crippen molar-refractivity contribution in [3.8, 4) is 17.2 Å². The van der Waals surface area contributed by atoms with Gasteiger partial charge in [-0.05, 0) is 59.9 Å². The van der Waals surface area contributed by atoms with E-state index in [1.165, 1.54) is 6.42 Å². The fourth-order valence-corrected chi connectivity index (χ4v) is 5.82. The number of ether oxygens (including phenoxy) is 3. The standard InChI is InChI=1S/C34H39N3O5/c1-40-27-16-13-23(14-17-27)22-37(32(38)20-25-21-35-29-12-8-7-11-28(25)29)33(34(39)36-26-9-5-4-6-10-26)24-15-18-30(41-2)31(19-24)42-3/h7-8,11-19,21,26,33,35H,4-6,9-10,20,22H2,1-3H3,(H,36,39)/t33-/m0/s1. The fourth-order valence-electron chi connectivity index (χ4n) is 5.82. The molecule has 1 aromatic heterocycles. The van der Waals surface area contributed by atoms with Gasteiger partial charge in [0.05, 0.1) is 27.8 Å². The Kier molecular flexibility index (Phi) is 9.31. The first-order valence-electron chi connectivity index (χ1n) is 14.5. The Hall–Kier alpha value is -4.46. The number of para-hydroxylation sites is 1. The summed E-state index contributed by atoms with van der Waals surface area (Å²) in [5, 5.41) is 4.27. The first kappa shape index (κ1) is 29.0. The second-order valence-corrected chi connectivity index (χ2v) is 10.8. The van der Waals surface area contributed by atoms with E-state index in [1.807, 2.05) is 60.8 Å². The average Bonchev–Trinajstić information content (AvgIpc) is 3.43. The zero-order chi connectivity index (χ0) is 29.5. The third-order valence-electron chi connectivity index (χ3n) is 8.08. The van der Waals surface area contributed by atoms with Crippen LogP contribution in [0, 0.1) is 0 Å². The molecule has 5 rings (SSSR count). The number of benzene rings is 3. The Bertz CT molecular complexity index is 1510. The Balaban J connectivity index is 1.56. The van der Waals surface area contributed by atoms with Crippen LogP contribution in [0.25, 0.3) is 10.9 Å². The highest BCUT2D eigenvalue weighted by molar-refractivity contribution is 5.92. The van der Waals surface area contributed by atoms with E-state index in [-0.39, 0.29) is 30.8 Å². The predicted molar refractivity (Wildman–Crippen MR) is 163 cm³/mol. The summed E-state index contributed by atoms with van der Waals surface area (Å²) >= 11 is 0. The molecule has 4 aromatic rings. The summed E-state index contributed by atoms with van der Waals surface area (Å²) in [6.45, 7) is 0.238. The molecule has 0 radical (unpaired) electrons. The summed E-state index contributed by atoms with van der Waals surface area (Å²) in [6.07, 6.45) is 7.24. The van der Waals surface area contributed by atoms with Gasteiger partial charge in [-0.3, -0.25) is 9.59 Å². The molecule has 0 bridgehead atoms. The van der Waals surface area contributed by atoms with Gasteiger partial charge in [0.15, 0.2) is 11.5 Å². The normalized spacial score (nSPS) is 14.3. The van der Waals surface area contributed by atoms with Crippen molar-refractivity contribution in [3.05, 3.63) is 89.6 Å². The molecule has 8 nitrogen and oxygen atoms in total. The van der Waals surface area contributed by atoms with Gasteiger partial charge in [-0.15, -0.1) is 0 Å². The molecule has 8 heteroatoms. The Morgan fingerprint density at radius 1 is 0.905 bits per heavy atom. The number of H-pyrrole nitrogens is 1. The predicted octanol–water partition coefficient (Wildman–Crippen LogP) is 5.96. The summed E-state index contributed by atoms with van der Waals surface area (Å²) in [5.41, 5.74) is 3.39. The van der Waals surface area contributed by atoms with Crippen molar-refractivity contribution >= 4 is 22.7 Å². The zero-order valence-corrected chi connectivity index (χ0v) is 24.5. The average molecular weight is 570 g/mol. The van der Waals surface area contributed by atoms with Gasteiger partial charge in [0.2, 0.25) is 11.8 Å². The van der Waals surface area contributed by atoms with Gasteiger partial charge >= 0.3 is 0 Å². The summed E-state index contributed by atoms with van der Waals surface area (Å²) in [7, 11) is 4.76. The molecule has 2 amide bonds. The number of aromatic amines is 1. The maximum atomic E-state index is 14.3. The molecule has 0 aliphatic heterocycles. The monoisotopic (exact) mass is 569 g/mol. The van der Waals surface area contributed by atoms with Crippen molar-refractivity contribution in [1.82, 2.24) is 15.2 Å². The number of carbonyl (C=O) groups excluding carboxylic acids is 2. The number of methoxy groups -OCH3 is 3. The van der Waals surface area contributed by atoms with Crippen LogP contribution in [0.5, 0.6) is 17.2 Å². The molecular weight excluding hydrogens is 530 g/mol. The lowest BCUT2D eigenvalue weighted by Gasteiger charge is -2.34. The second kappa shape index (κ2) is 13.5. The Morgan fingerprint density at radius 2 is 1.64 bits per heavy atom. The lowest BCUT2D eigenvalue weighted by atomic mass is 9.94. The van der Waals surface area contributed by atoms with Gasteiger partial charge in [-0.2, -0.15) is 0 Å². The summed E-state index contributed by atoms with van der Waals surface area (Å²) < 4.78 is 16.4. The van der Waals surface area contributed by atoms with Crippen LogP contribution in [0.2, 0.25) is 0 Å². The molecule has 1 aliphatic rings. The van der Waals surface area contributed by atoms with Gasteiger partial charge in [0.1, 0.15) is 11.8 Å². The number of nitrogens with one attached hydrogen (secondary N) is 2. The molecule has 1 heterocycles. The van der Waals surface area contributed by atoms with Crippen LogP contribution in [0.1, 0.15) is 54.8 Å². The highest BCUT2D eigenvalue weighted by atomic mass is 16.5. The Labute approximate surface area is 247 Å². The van der Waals surface area contributed by atoms with Crippen molar-refractivity contribution in [1.29, 1.82) is 0 Å². The quantitative estimate of drug-likeness (QED) is 0.233. The maximum absolute atomic E-state index is 14.3. The van der Waals surface area contributed by atoms with E-state index in [1.54, 1.807) is 38.4 Å². The largest absolute Gasteiger partial charge is 0.497 e. The molecule has 1 fully saturated rings. The smallest absolute Gasteiger partial charge is 0.247 e. The van der Waals surface area contributed by atoms with Crippen LogP contribution in [0.3, 0.4) is 0 Å². The maximum Gasteiger partial charge on any atom is 0.247 e. The van der Waals surface area contributed by atoms with Crippen molar-refractivity contribution in [2.45, 2.75) is 57.2 Å². The van der Waals surface area contributed by atoms with E-state index in [4.69, 9.17) is 14.2 Å². The molecule has 1 aliphatic carbocycles. The van der Waals surface area contributed by atoms with Crippen LogP contribution >= 0.6 is 0 Å². The zero-order valence-electron chi connectivity index (χ0n) is 24.5. The molecule has 1 atom stereocenters. The van der Waals surface area contributed by atoms with Crippen LogP contribution in [0.4, 0.5) is 0 Å². The topological polar surface area (TPSA) is 92.9 Å². The molecule has 0 unspecified atom stereocenters. The lowest BCUT2D eigenvalue weighted by molar-refractivity contribution is -0.141. The number of rotatable bonds is 11. The molecule has 42 heavy (non-hydrogen) atoms. The van der Waals surface area contributed by atoms with Gasteiger partial charge in [0, 0.05) is 29.7 Å². The molecule has 0 spiro atoms. The summed E-state index contributed by atoms with van der Waals surface area (Å²) in [5.74, 6) is 1.42. The van der Waals surface area contributed by atoms with Crippen molar-refractivity contribution in [2.75, 3.05) is 21.3 Å². The van der Waals surface area contributed by atoms with E-state index in [2.05, 4.69) is 10.3 Å². The third kappa shape index (κ3) is 6.54. The van der Waals surface area contributed by atoms with Gasteiger partial charge < -0.3 is 29.4 Å². The highest BCUT2D eigenvalue weighted by Crippen LogP contribution is 2.34. The second-order valence-electron chi connectivity index (χ2n) is 10.8. The van der Waals surface area contributed by atoms with Gasteiger partial charge in [-0.1, -0.05) is 55.7 Å². The van der Waals surface area contributed by atoms with Gasteiger partial charge in [0.25, 0.3) is 0 Å². The molecule has 2 N–H and O–H groups in total. The first-order chi connectivity index (χ1) is 20.5. The number of hydrogen-bond acceptors (Lipinski definition) is 5. The third-order valence-corrected chi connectivity index (χ3v) is 8.08. The number of carbonyl (C=O) groups is 2. The summed E-state index contributed by atoms with van der Waals surface area (Å²) in [6, 6.07) is 20.1. The van der Waals surface area contributed by atoms with Crippen LogP contribution in [0.15, 0.2) is 72.9 Å². The van der Waals surface area contributed by atoms with E-state index in [0.29, 0.717) is 17.1 Å². The number of amides is 2. The van der Waals surface area contributed by atoms with Crippen molar-refractivity contribution in [3.63, 3.8) is 0 Å². The number of aromatic nitrogens is 1. The van der Waals surface area contributed by atoms with E-state index >= 15 is 0 Å². The minimum absolute atomic E-state index is 0.0837. The molecule has 3 aromatic carbocycles. The highest BCUT2D eigenvalue weighted by Gasteiger charge is 2.34. The summed E-state index contributed by atoms with van der Waals surface area (Å²) in [4.78, 5) is 33.5. The number of fused-ring (bicyclic) bond motifs is 1. The first-order valence-corrected chi connectivity index (χ1v) is 14.5. The van der Waals surface area contributed by atoms with E-state index in [0.717, 1.165) is 53.5 Å². The van der Waals surface area contributed by atoms with Crippen molar-refractivity contribution in [2.24, 2.45) is 0 Å². The fraction of sp³-hybridized carbons (Fsp3) is 0.353. The van der Waals surface area contributed by atoms with Crippen LogP contribution in [-0.2, 0) is 22.6 Å². The number of hydrogen-bond donors (Lipinski definition) is 2. The molecular formula is C34H39N3O5. The molecule has 220 valence electrons. The number of nitrogens with zero attached hydrogens (tertiary/aromatic N) is 1. The van der Waals surface area contributed by atoms with Crippen LogP contribution in [-0.4, -0.2) is 49.1 Å². The SMILES string of the molecule is COc1ccc(CN(C(=O)Cc2c[nH]c3ccccc23)[C@H](C(=O)NC2CCCCC2)c2ccc(OC)c(OC)c2)cc1. The minimum atomic E-state index is -0.883.